The number of benzene rings is 2. The molecule has 2 aromatic carbocycles. The largest absolute Gasteiger partial charge is 0.494 e. The molecule has 5 amide bonds. The number of ether oxygens (including phenoxy) is 1. The number of aromatic amines is 1. The summed E-state index contributed by atoms with van der Waals surface area (Å²) in [5.41, 5.74) is 0.600. The molecule has 1 aliphatic rings. The summed E-state index contributed by atoms with van der Waals surface area (Å²) in [7, 11) is -13.2. The SMILES string of the molecule is Cc1cc(OCCCC(=O)NCCNC(=O)C(CS(=O)(=O)O)NC(=O)C(CS(=O)(=O)O)NC(=O)CN2CCN(CC(=O)O)CCN(CC(=O)O)CCN(CC(=O)O)CC2)cc(C)c1S(=O)(=O)NC(CNC(=O)c1cn(C)c2cc(CNc3ncc[nH]3)ccc2c1=O)C(=O)O.[90Y]. The molecule has 37 nitrogen and oxygen atoms in total. The molecule has 95 heavy (non-hydrogen) atoms. The van der Waals surface area contributed by atoms with Gasteiger partial charge in [-0.25, -0.2) is 13.4 Å². The molecule has 0 spiro atoms. The average molecular weight is 1480 g/mol. The number of hydrogen-bond donors (Lipinski definition) is 14. The molecule has 2 aromatic heterocycles. The first kappa shape index (κ1) is 79.8. The molecule has 1 fully saturated rings. The second-order valence-electron chi connectivity index (χ2n) is 21.8. The zero-order valence-corrected chi connectivity index (χ0v) is 57.1. The molecule has 0 bridgehead atoms. The van der Waals surface area contributed by atoms with E-state index in [4.69, 9.17) is 4.74 Å². The molecule has 14 N–H and O–H groups in total. The number of fused-ring (bicyclic) bond motifs is 1. The minimum Gasteiger partial charge on any atom is -0.494 e. The number of carboxylic acids is 4. The summed E-state index contributed by atoms with van der Waals surface area (Å²) in [6, 6.07) is 1.41. The Morgan fingerprint density at radius 2 is 1.18 bits per heavy atom. The minimum atomic E-state index is -5.12. The van der Waals surface area contributed by atoms with Crippen molar-refractivity contribution in [1.29, 1.82) is 0 Å². The van der Waals surface area contributed by atoms with Crippen molar-refractivity contribution in [2.24, 2.45) is 7.05 Å². The van der Waals surface area contributed by atoms with Gasteiger partial charge in [-0.1, -0.05) is 6.07 Å². The normalized spacial score (nSPS) is 15.1. The Labute approximate surface area is 569 Å². The van der Waals surface area contributed by atoms with E-state index in [1.807, 2.05) is 5.32 Å². The maximum Gasteiger partial charge on any atom is 0.323 e. The molecule has 3 atom stereocenters. The summed E-state index contributed by atoms with van der Waals surface area (Å²) >= 11 is 0. The first-order valence-electron chi connectivity index (χ1n) is 28.8. The van der Waals surface area contributed by atoms with Gasteiger partial charge >= 0.3 is 23.9 Å². The number of nitrogens with one attached hydrogen (secondary N) is 8. The summed E-state index contributed by atoms with van der Waals surface area (Å²) in [4.78, 5) is 140. The molecule has 3 heterocycles. The van der Waals surface area contributed by atoms with Crippen LogP contribution in [0.2, 0.25) is 0 Å². The van der Waals surface area contributed by atoms with Crippen molar-refractivity contribution in [2.75, 3.05) is 122 Å². The van der Waals surface area contributed by atoms with Crippen LogP contribution in [0.5, 0.6) is 5.75 Å². The van der Waals surface area contributed by atoms with E-state index >= 15 is 0 Å². The van der Waals surface area contributed by atoms with Crippen LogP contribution in [0.3, 0.4) is 0 Å². The maximum absolute atomic E-state index is 13.7. The number of aromatic nitrogens is 3. The fraction of sp³-hybridized carbons (Fsp3) is 0.500. The number of anilines is 1. The number of imidazole rings is 1. The van der Waals surface area contributed by atoms with Crippen molar-refractivity contribution < 1.29 is 135 Å². The molecule has 41 heteroatoms. The topological polar surface area (TPSA) is 535 Å². The molecule has 521 valence electrons. The Balaban J connectivity index is 0.0000192. The van der Waals surface area contributed by atoms with Gasteiger partial charge in [0.05, 0.1) is 43.2 Å². The summed E-state index contributed by atoms with van der Waals surface area (Å²) in [6.07, 6.45) is 4.42. The van der Waals surface area contributed by atoms with E-state index < -0.39 is 158 Å². The van der Waals surface area contributed by atoms with Crippen LogP contribution in [0.4, 0.5) is 5.95 Å². The van der Waals surface area contributed by atoms with Crippen LogP contribution in [0.1, 0.15) is 39.9 Å². The number of rotatable bonds is 34. The fourth-order valence-electron chi connectivity index (χ4n) is 9.79. The summed E-state index contributed by atoms with van der Waals surface area (Å²) in [5.74, 6) is -13.0. The predicted molar refractivity (Wildman–Crippen MR) is 331 cm³/mol. The minimum absolute atomic E-state index is 0. The number of amides is 5. The Bertz CT molecular complexity index is 3770. The van der Waals surface area contributed by atoms with Gasteiger partial charge < -0.3 is 66.6 Å². The second-order valence-corrected chi connectivity index (χ2v) is 26.4. The van der Waals surface area contributed by atoms with E-state index in [1.165, 1.54) is 51.8 Å². The molecule has 4 aromatic rings. The molecular formula is C54H76N14O23S3Y. The van der Waals surface area contributed by atoms with Crippen molar-refractivity contribution >= 4 is 101 Å². The Morgan fingerprint density at radius 3 is 1.67 bits per heavy atom. The van der Waals surface area contributed by atoms with Crippen LogP contribution < -0.4 is 46.8 Å². The van der Waals surface area contributed by atoms with Crippen molar-refractivity contribution in [1.82, 2.24) is 65.4 Å². The number of aryl methyl sites for hydroxylation is 3. The van der Waals surface area contributed by atoms with E-state index in [1.54, 1.807) is 42.2 Å². The third-order valence-electron chi connectivity index (χ3n) is 14.2. The van der Waals surface area contributed by atoms with Gasteiger partial charge in [-0.05, 0) is 61.2 Å². The smallest absolute Gasteiger partial charge is 0.323 e. The van der Waals surface area contributed by atoms with Crippen LogP contribution in [-0.2, 0) is 115 Å². The van der Waals surface area contributed by atoms with E-state index in [9.17, 15) is 103 Å². The first-order chi connectivity index (χ1) is 44.1. The van der Waals surface area contributed by atoms with Gasteiger partial charge in [0.2, 0.25) is 39.1 Å². The van der Waals surface area contributed by atoms with Gasteiger partial charge in [0, 0.05) is 149 Å². The van der Waals surface area contributed by atoms with Gasteiger partial charge in [-0.2, -0.15) is 21.6 Å². The summed E-state index contributed by atoms with van der Waals surface area (Å²) in [6.45, 7) is -0.464. The zero-order valence-electron chi connectivity index (χ0n) is 51.8. The number of hydrogen-bond acceptors (Lipinski definition) is 23. The molecule has 1 aliphatic heterocycles. The monoisotopic (exact) mass is 1470 g/mol. The van der Waals surface area contributed by atoms with Crippen molar-refractivity contribution in [3.8, 4) is 5.75 Å². The van der Waals surface area contributed by atoms with Crippen molar-refractivity contribution in [3.63, 3.8) is 0 Å². The number of carbonyl (C=O) groups excluding carboxylic acids is 5. The Kier molecular flexibility index (Phi) is 31.1. The standard InChI is InChI=1S/C54H76N14O23S3.Y/c1-33-21-36(22-34(2)49(33)94(89,90)63-39(53(81)82)25-59-50(78)38-26-64(3)42-23-35(6-7-37(42)48(38)77)24-60-54-57-10-11-58-54)91-20-4-5-43(69)55-8-9-56-51(79)40(31-92(83,84)85)62-52(80)41(32-93(86,87)88)61-44(70)27-65-12-14-66(28-45(71)72)16-18-68(30-47(75)76)19-17-67(15-13-65)29-46(73)74;/h6-7,10-11,21-23,26,39-41,63H,4-5,8-9,12-20,24-25,27-32H2,1-3H3,(H,55,69)(H,56,79)(H,59,78)(H,61,70)(H,62,80)(H,71,72)(H,73,74)(H,75,76)(H,81,82)(H2,57,58,60)(H,83,84,85)(H,86,87,88);/i;1+1. The quantitative estimate of drug-likeness (QED) is 0.0154. The molecule has 5 rings (SSSR count). The number of sulfonamides is 1. The van der Waals surface area contributed by atoms with Crippen LogP contribution >= 0.6 is 0 Å². The number of aliphatic carboxylic acids is 4. The number of H-pyrrole nitrogens is 1. The summed E-state index contributed by atoms with van der Waals surface area (Å²) < 4.78 is 104. The second kappa shape index (κ2) is 37.0. The fourth-order valence-corrected chi connectivity index (χ4v) is 12.7. The van der Waals surface area contributed by atoms with Gasteiger partial charge in [0.25, 0.3) is 26.1 Å². The molecule has 0 saturated carbocycles. The average Bonchev–Trinajstić information content (AvgIpc) is 0.951. The molecule has 0 aliphatic carbocycles. The van der Waals surface area contributed by atoms with Crippen LogP contribution in [-0.4, -0.2) is 277 Å². The molecule has 3 unspecified atom stereocenters. The van der Waals surface area contributed by atoms with Crippen molar-refractivity contribution in [2.45, 2.75) is 56.3 Å². The summed E-state index contributed by atoms with van der Waals surface area (Å²) in [5, 5.41) is 52.8. The van der Waals surface area contributed by atoms with E-state index in [2.05, 4.69) is 41.3 Å². The van der Waals surface area contributed by atoms with Gasteiger partial charge in [0.1, 0.15) is 40.9 Å². The van der Waals surface area contributed by atoms with E-state index in [0.29, 0.717) is 18.0 Å². The van der Waals surface area contributed by atoms with Crippen molar-refractivity contribution in [3.05, 3.63) is 81.4 Å². The number of carboxylic acid groups (broad SMARTS) is 4. The molecular weight excluding hydrogens is 1400 g/mol. The molecule has 1 radical (unpaired) electrons. The first-order valence-corrected chi connectivity index (χ1v) is 33.5. The Morgan fingerprint density at radius 1 is 0.663 bits per heavy atom. The van der Waals surface area contributed by atoms with Crippen LogP contribution in [0.15, 0.2) is 58.6 Å². The van der Waals surface area contributed by atoms with Gasteiger partial charge in [0.15, 0.2) is 5.95 Å². The number of carbonyl (C=O) groups is 9. The third-order valence-corrected chi connectivity index (χ3v) is 17.5. The maximum atomic E-state index is 13.7. The van der Waals surface area contributed by atoms with E-state index in [0.717, 1.165) is 5.56 Å². The zero-order chi connectivity index (χ0) is 69.7. The Hall–Kier alpha value is -7.64. The molecule has 1 saturated heterocycles. The predicted octanol–water partition coefficient (Wildman–Crippen LogP) is -4.74. The van der Waals surface area contributed by atoms with Gasteiger partial charge in [-0.3, -0.25) is 76.7 Å². The van der Waals surface area contributed by atoms with E-state index in [-0.39, 0.29) is 144 Å². The van der Waals surface area contributed by atoms with Gasteiger partial charge in [-0.15, -0.1) is 0 Å². The third kappa shape index (κ3) is 27.6. The van der Waals surface area contributed by atoms with Crippen LogP contribution in [0.25, 0.3) is 10.9 Å². The van der Waals surface area contributed by atoms with Crippen LogP contribution in [0, 0.1) is 13.8 Å². The number of pyridine rings is 1. The number of nitrogens with zero attached hydrogens (tertiary/aromatic N) is 6.